The first-order valence-corrected chi connectivity index (χ1v) is 7.65. The van der Waals surface area contributed by atoms with Gasteiger partial charge in [0.05, 0.1) is 18.0 Å². The highest BCUT2D eigenvalue weighted by molar-refractivity contribution is 5.79. The molecule has 120 valence electrons. The molecule has 6 nitrogen and oxygen atoms in total. The lowest BCUT2D eigenvalue weighted by atomic mass is 9.97. The largest absolute Gasteiger partial charge is 0.481 e. The number of hydrogen-bond acceptors (Lipinski definition) is 4. The van der Waals surface area contributed by atoms with Gasteiger partial charge in [0.15, 0.2) is 5.76 Å². The van der Waals surface area contributed by atoms with Crippen molar-refractivity contribution in [2.24, 2.45) is 5.92 Å². The van der Waals surface area contributed by atoms with Crippen LogP contribution < -0.4 is 0 Å². The van der Waals surface area contributed by atoms with Gasteiger partial charge in [0.2, 0.25) is 5.91 Å². The van der Waals surface area contributed by atoms with Gasteiger partial charge >= 0.3 is 5.97 Å². The van der Waals surface area contributed by atoms with Crippen molar-refractivity contribution in [1.82, 2.24) is 10.1 Å². The Morgan fingerprint density at radius 3 is 2.57 bits per heavy atom. The molecule has 1 aliphatic heterocycles. The number of rotatable bonds is 4. The van der Waals surface area contributed by atoms with Crippen LogP contribution in [0.25, 0.3) is 11.3 Å². The Labute approximate surface area is 133 Å². The van der Waals surface area contributed by atoms with E-state index >= 15 is 0 Å². The van der Waals surface area contributed by atoms with E-state index in [0.29, 0.717) is 37.4 Å². The van der Waals surface area contributed by atoms with Crippen LogP contribution in [0.4, 0.5) is 0 Å². The lowest BCUT2D eigenvalue weighted by Gasteiger charge is -2.29. The molecule has 1 aliphatic rings. The summed E-state index contributed by atoms with van der Waals surface area (Å²) >= 11 is 0. The maximum absolute atomic E-state index is 12.3. The Morgan fingerprint density at radius 2 is 1.91 bits per heavy atom. The number of carboxylic acid groups (broad SMARTS) is 1. The zero-order valence-electron chi connectivity index (χ0n) is 12.6. The SMILES string of the molecule is O=C(O)C1CCN(C(=O)Cc2cc(-c3ccccc3)on2)CC1. The predicted molar refractivity (Wildman–Crippen MR) is 82.6 cm³/mol. The summed E-state index contributed by atoms with van der Waals surface area (Å²) in [6.45, 7) is 0.971. The Bertz CT molecular complexity index is 688. The predicted octanol–water partition coefficient (Wildman–Crippen LogP) is 2.21. The highest BCUT2D eigenvalue weighted by Gasteiger charge is 2.27. The van der Waals surface area contributed by atoms with Crippen LogP contribution in [0.2, 0.25) is 0 Å². The van der Waals surface area contributed by atoms with E-state index in [-0.39, 0.29) is 18.2 Å². The van der Waals surface area contributed by atoms with Crippen molar-refractivity contribution in [3.8, 4) is 11.3 Å². The molecule has 1 amide bonds. The maximum Gasteiger partial charge on any atom is 0.306 e. The third-order valence-corrected chi connectivity index (χ3v) is 4.15. The van der Waals surface area contributed by atoms with Crippen LogP contribution in [0.1, 0.15) is 18.5 Å². The van der Waals surface area contributed by atoms with Gasteiger partial charge in [-0.2, -0.15) is 0 Å². The van der Waals surface area contributed by atoms with E-state index in [1.165, 1.54) is 0 Å². The monoisotopic (exact) mass is 314 g/mol. The molecule has 0 atom stereocenters. The van der Waals surface area contributed by atoms with Gasteiger partial charge in [-0.05, 0) is 12.8 Å². The second-order valence-electron chi connectivity index (χ2n) is 5.72. The Balaban J connectivity index is 1.59. The maximum atomic E-state index is 12.3. The number of aliphatic carboxylic acids is 1. The van der Waals surface area contributed by atoms with Crippen LogP contribution in [0.3, 0.4) is 0 Å². The van der Waals surface area contributed by atoms with Crippen molar-refractivity contribution in [3.05, 3.63) is 42.1 Å². The van der Waals surface area contributed by atoms with Gasteiger partial charge < -0.3 is 14.5 Å². The van der Waals surface area contributed by atoms with E-state index in [1.807, 2.05) is 30.3 Å². The number of carbonyl (C=O) groups excluding carboxylic acids is 1. The summed E-state index contributed by atoms with van der Waals surface area (Å²) in [6, 6.07) is 11.4. The number of carbonyl (C=O) groups is 2. The molecular formula is C17H18N2O4. The van der Waals surface area contributed by atoms with Crippen LogP contribution in [-0.4, -0.2) is 40.1 Å². The van der Waals surface area contributed by atoms with Crippen molar-refractivity contribution >= 4 is 11.9 Å². The number of piperidine rings is 1. The molecule has 3 rings (SSSR count). The number of hydrogen-bond donors (Lipinski definition) is 1. The second kappa shape index (κ2) is 6.64. The third kappa shape index (κ3) is 3.59. The zero-order chi connectivity index (χ0) is 16.2. The van der Waals surface area contributed by atoms with Crippen molar-refractivity contribution in [1.29, 1.82) is 0 Å². The first-order chi connectivity index (χ1) is 11.1. The number of likely N-dealkylation sites (tertiary alicyclic amines) is 1. The van der Waals surface area contributed by atoms with Gasteiger partial charge in [-0.25, -0.2) is 0 Å². The van der Waals surface area contributed by atoms with E-state index < -0.39 is 5.97 Å². The molecule has 0 aliphatic carbocycles. The standard InChI is InChI=1S/C17H18N2O4/c20-16(19-8-6-13(7-9-19)17(21)22)11-14-10-15(23-18-14)12-4-2-1-3-5-12/h1-5,10,13H,6-9,11H2,(H,21,22). The van der Waals surface area contributed by atoms with Crippen molar-refractivity contribution in [2.45, 2.75) is 19.3 Å². The molecule has 0 saturated carbocycles. The third-order valence-electron chi connectivity index (χ3n) is 4.15. The summed E-state index contributed by atoms with van der Waals surface area (Å²) in [5.41, 5.74) is 1.51. The molecule has 6 heteroatoms. The summed E-state index contributed by atoms with van der Waals surface area (Å²) < 4.78 is 5.29. The van der Waals surface area contributed by atoms with Crippen LogP contribution in [-0.2, 0) is 16.0 Å². The number of amides is 1. The summed E-state index contributed by atoms with van der Waals surface area (Å²) in [6.07, 6.45) is 1.19. The molecule has 23 heavy (non-hydrogen) atoms. The van der Waals surface area contributed by atoms with Crippen molar-refractivity contribution < 1.29 is 19.2 Å². The van der Waals surface area contributed by atoms with Gasteiger partial charge in [-0.15, -0.1) is 0 Å². The quantitative estimate of drug-likeness (QED) is 0.935. The fourth-order valence-electron chi connectivity index (χ4n) is 2.78. The van der Waals surface area contributed by atoms with Gasteiger partial charge in [0, 0.05) is 24.7 Å². The smallest absolute Gasteiger partial charge is 0.306 e. The van der Waals surface area contributed by atoms with Crippen molar-refractivity contribution in [2.75, 3.05) is 13.1 Å². The lowest BCUT2D eigenvalue weighted by molar-refractivity contribution is -0.145. The van der Waals surface area contributed by atoms with Gasteiger partial charge in [-0.1, -0.05) is 35.5 Å². The highest BCUT2D eigenvalue weighted by atomic mass is 16.5. The summed E-state index contributed by atoms with van der Waals surface area (Å²) in [7, 11) is 0. The molecule has 2 aromatic rings. The molecule has 1 aromatic heterocycles. The summed E-state index contributed by atoms with van der Waals surface area (Å²) in [5, 5.41) is 12.9. The van der Waals surface area contributed by atoms with Crippen LogP contribution in [0.5, 0.6) is 0 Å². The Morgan fingerprint density at radius 1 is 1.22 bits per heavy atom. The first kappa shape index (κ1) is 15.3. The van der Waals surface area contributed by atoms with E-state index in [2.05, 4.69) is 5.16 Å². The Hall–Kier alpha value is -2.63. The zero-order valence-corrected chi connectivity index (χ0v) is 12.6. The molecule has 2 heterocycles. The average molecular weight is 314 g/mol. The first-order valence-electron chi connectivity index (χ1n) is 7.65. The fourth-order valence-corrected chi connectivity index (χ4v) is 2.78. The molecule has 1 aromatic carbocycles. The fraction of sp³-hybridized carbons (Fsp3) is 0.353. The molecule has 0 unspecified atom stereocenters. The number of benzene rings is 1. The van der Waals surface area contributed by atoms with Gasteiger partial charge in [0.25, 0.3) is 0 Å². The molecule has 0 spiro atoms. The molecule has 1 fully saturated rings. The number of aromatic nitrogens is 1. The van der Waals surface area contributed by atoms with Crippen LogP contribution in [0, 0.1) is 5.92 Å². The Kier molecular flexibility index (Phi) is 4.41. The minimum atomic E-state index is -0.777. The van der Waals surface area contributed by atoms with Crippen LogP contribution >= 0.6 is 0 Å². The summed E-state index contributed by atoms with van der Waals surface area (Å²) in [5.74, 6) is -0.517. The average Bonchev–Trinajstić information content (AvgIpc) is 3.04. The van der Waals surface area contributed by atoms with Gasteiger partial charge in [-0.3, -0.25) is 9.59 Å². The minimum absolute atomic E-state index is 0.0400. The number of nitrogens with zero attached hydrogens (tertiary/aromatic N) is 2. The van der Waals surface area contributed by atoms with Crippen LogP contribution in [0.15, 0.2) is 40.9 Å². The van der Waals surface area contributed by atoms with E-state index in [1.54, 1.807) is 11.0 Å². The van der Waals surface area contributed by atoms with Crippen molar-refractivity contribution in [3.63, 3.8) is 0 Å². The highest BCUT2D eigenvalue weighted by Crippen LogP contribution is 2.21. The molecule has 0 radical (unpaired) electrons. The second-order valence-corrected chi connectivity index (χ2v) is 5.72. The molecule has 1 saturated heterocycles. The van der Waals surface area contributed by atoms with E-state index in [9.17, 15) is 9.59 Å². The minimum Gasteiger partial charge on any atom is -0.481 e. The van der Waals surface area contributed by atoms with E-state index in [0.717, 1.165) is 5.56 Å². The summed E-state index contributed by atoms with van der Waals surface area (Å²) in [4.78, 5) is 24.9. The normalized spacial score (nSPS) is 15.6. The molecular weight excluding hydrogens is 296 g/mol. The lowest BCUT2D eigenvalue weighted by Crippen LogP contribution is -2.41. The topological polar surface area (TPSA) is 83.6 Å². The van der Waals surface area contributed by atoms with Gasteiger partial charge in [0.1, 0.15) is 0 Å². The molecule has 1 N–H and O–H groups in total. The van der Waals surface area contributed by atoms with E-state index in [4.69, 9.17) is 9.63 Å². The molecule has 0 bridgehead atoms. The number of carboxylic acids is 1.